The van der Waals surface area contributed by atoms with Crippen LogP contribution in [0, 0.1) is 18.8 Å². The average Bonchev–Trinajstić information content (AvgIpc) is 3.27. The van der Waals surface area contributed by atoms with Crippen molar-refractivity contribution in [3.63, 3.8) is 0 Å². The Morgan fingerprint density at radius 1 is 1.14 bits per heavy atom. The van der Waals surface area contributed by atoms with Crippen LogP contribution in [0.3, 0.4) is 0 Å². The highest BCUT2D eigenvalue weighted by molar-refractivity contribution is 7.17. The van der Waals surface area contributed by atoms with Gasteiger partial charge in [0, 0.05) is 21.8 Å². The molecule has 6 heteroatoms. The normalized spacial score (nSPS) is 11.5. The molecular weight excluding hydrogens is 478 g/mol. The molecule has 1 atom stereocenters. The Morgan fingerprint density at radius 2 is 1.94 bits per heavy atom. The lowest BCUT2D eigenvalue weighted by atomic mass is 9.96. The number of benzene rings is 2. The smallest absolute Gasteiger partial charge is 0.307 e. The van der Waals surface area contributed by atoms with Crippen LogP contribution in [-0.4, -0.2) is 17.6 Å². The molecule has 0 spiro atoms. The van der Waals surface area contributed by atoms with Crippen molar-refractivity contribution in [3.05, 3.63) is 82.0 Å². The van der Waals surface area contributed by atoms with Gasteiger partial charge in [-0.15, -0.1) is 17.3 Å². The molecule has 0 aliphatic carbocycles. The van der Waals surface area contributed by atoms with Crippen LogP contribution in [0.4, 0.5) is 0 Å². The third-order valence-electron chi connectivity index (χ3n) is 5.68. The first-order valence-electron chi connectivity index (χ1n) is 11.4. The lowest BCUT2D eigenvalue weighted by Gasteiger charge is -2.12. The topological polar surface area (TPSA) is 48.4 Å². The Morgan fingerprint density at radius 3 is 2.69 bits per heavy atom. The summed E-state index contributed by atoms with van der Waals surface area (Å²) < 4.78 is 12.4. The van der Waals surface area contributed by atoms with Crippen LogP contribution in [0.25, 0.3) is 21.2 Å². The van der Waals surface area contributed by atoms with E-state index >= 15 is 0 Å². The number of thiophene rings is 1. The summed E-state index contributed by atoms with van der Waals surface area (Å²) in [5.74, 6) is 6.33. The molecular formula is C29H26ClNO3S. The SMILES string of the molecule is CC#C[C@@H](CC(=O)OCC)c1ccc(OCc2ccc3scc(-c4cc(Cl)ncc4C)c3c2)cc1. The van der Waals surface area contributed by atoms with Crippen LogP contribution in [0.15, 0.2) is 60.1 Å². The molecule has 2 aromatic carbocycles. The first-order chi connectivity index (χ1) is 17.0. The number of nitrogens with zero attached hydrogens (tertiary/aromatic N) is 1. The second-order valence-corrected chi connectivity index (χ2v) is 9.41. The van der Waals surface area contributed by atoms with Crippen molar-refractivity contribution >= 4 is 39.0 Å². The van der Waals surface area contributed by atoms with Gasteiger partial charge in [-0.25, -0.2) is 4.98 Å². The molecule has 0 saturated carbocycles. The number of esters is 1. The Kier molecular flexibility index (Phi) is 8.07. The number of fused-ring (bicyclic) bond motifs is 1. The van der Waals surface area contributed by atoms with E-state index in [1.165, 1.54) is 10.1 Å². The maximum Gasteiger partial charge on any atom is 0.307 e. The number of carbonyl (C=O) groups excluding carboxylic acids is 1. The van der Waals surface area contributed by atoms with Gasteiger partial charge in [-0.3, -0.25) is 4.79 Å². The van der Waals surface area contributed by atoms with Gasteiger partial charge in [-0.05, 0) is 78.7 Å². The van der Waals surface area contributed by atoms with Gasteiger partial charge in [0.2, 0.25) is 0 Å². The summed E-state index contributed by atoms with van der Waals surface area (Å²) in [5.41, 5.74) is 5.39. The Bertz CT molecular complexity index is 1400. The first kappa shape index (κ1) is 24.8. The molecule has 0 fully saturated rings. The Hall–Kier alpha value is -3.33. The van der Waals surface area contributed by atoms with Gasteiger partial charge in [-0.2, -0.15) is 0 Å². The second-order valence-electron chi connectivity index (χ2n) is 8.12. The molecule has 2 heterocycles. The average molecular weight is 504 g/mol. The van der Waals surface area contributed by atoms with Crippen molar-refractivity contribution in [2.75, 3.05) is 6.61 Å². The standard InChI is InChI=1S/C29H26ClNO3S/c1-4-6-22(14-29(32)33-5-2)21-8-10-23(11-9-21)34-17-20-7-12-27-25(13-20)26(18-35-27)24-15-28(30)31-16-19(24)3/h7-13,15-16,18,22H,5,14,17H2,1-3H3/t22-/m0/s1. The van der Waals surface area contributed by atoms with Crippen LogP contribution in [-0.2, 0) is 16.1 Å². The van der Waals surface area contributed by atoms with Crippen molar-refractivity contribution in [2.45, 2.75) is 39.7 Å². The van der Waals surface area contributed by atoms with Gasteiger partial charge < -0.3 is 9.47 Å². The number of hydrogen-bond donors (Lipinski definition) is 0. The zero-order valence-corrected chi connectivity index (χ0v) is 21.5. The van der Waals surface area contributed by atoms with Crippen LogP contribution in [0.2, 0.25) is 5.15 Å². The largest absolute Gasteiger partial charge is 0.489 e. The van der Waals surface area contributed by atoms with Crippen molar-refractivity contribution in [1.82, 2.24) is 4.98 Å². The number of pyridine rings is 1. The second kappa shape index (κ2) is 11.4. The molecule has 2 aromatic heterocycles. The molecule has 0 bridgehead atoms. The molecule has 0 amide bonds. The van der Waals surface area contributed by atoms with E-state index in [0.29, 0.717) is 18.4 Å². The van der Waals surface area contributed by atoms with Crippen molar-refractivity contribution in [1.29, 1.82) is 0 Å². The van der Waals surface area contributed by atoms with Crippen molar-refractivity contribution < 1.29 is 14.3 Å². The third-order valence-corrected chi connectivity index (χ3v) is 6.85. The summed E-state index contributed by atoms with van der Waals surface area (Å²) in [5, 5.41) is 3.83. The van der Waals surface area contributed by atoms with Gasteiger partial charge in [0.1, 0.15) is 17.5 Å². The lowest BCUT2D eigenvalue weighted by Crippen LogP contribution is -2.09. The highest BCUT2D eigenvalue weighted by atomic mass is 35.5. The monoisotopic (exact) mass is 503 g/mol. The van der Waals surface area contributed by atoms with Gasteiger partial charge in [0.15, 0.2) is 0 Å². The summed E-state index contributed by atoms with van der Waals surface area (Å²) in [6.07, 6.45) is 2.04. The molecule has 178 valence electrons. The maximum atomic E-state index is 11.9. The quantitative estimate of drug-likeness (QED) is 0.141. The molecule has 0 saturated heterocycles. The summed E-state index contributed by atoms with van der Waals surface area (Å²) >= 11 is 7.88. The van der Waals surface area contributed by atoms with Gasteiger partial charge in [0.05, 0.1) is 18.9 Å². The summed E-state index contributed by atoms with van der Waals surface area (Å²) in [6, 6.07) is 16.1. The van der Waals surface area contributed by atoms with E-state index in [9.17, 15) is 4.79 Å². The molecule has 0 radical (unpaired) electrons. The molecule has 4 nitrogen and oxygen atoms in total. The van der Waals surface area contributed by atoms with Crippen LogP contribution in [0.5, 0.6) is 5.75 Å². The fourth-order valence-corrected chi connectivity index (χ4v) is 5.04. The van der Waals surface area contributed by atoms with E-state index in [1.54, 1.807) is 31.4 Å². The molecule has 35 heavy (non-hydrogen) atoms. The predicted molar refractivity (Wildman–Crippen MR) is 143 cm³/mol. The van der Waals surface area contributed by atoms with E-state index < -0.39 is 0 Å². The highest BCUT2D eigenvalue weighted by Crippen LogP contribution is 2.37. The molecule has 0 aliphatic heterocycles. The molecule has 0 unspecified atom stereocenters. The van der Waals surface area contributed by atoms with E-state index in [4.69, 9.17) is 21.1 Å². The lowest BCUT2D eigenvalue weighted by molar-refractivity contribution is -0.143. The summed E-state index contributed by atoms with van der Waals surface area (Å²) in [4.78, 5) is 16.1. The Labute approximate surface area is 214 Å². The fourth-order valence-electron chi connectivity index (χ4n) is 3.94. The third kappa shape index (κ3) is 6.03. The van der Waals surface area contributed by atoms with Gasteiger partial charge in [0.25, 0.3) is 0 Å². The summed E-state index contributed by atoms with van der Waals surface area (Å²) in [7, 11) is 0. The van der Waals surface area contributed by atoms with E-state index in [0.717, 1.165) is 33.6 Å². The number of carbonyl (C=O) groups is 1. The zero-order valence-electron chi connectivity index (χ0n) is 19.9. The molecule has 0 aliphatic rings. The van der Waals surface area contributed by atoms with Crippen LogP contribution >= 0.6 is 22.9 Å². The van der Waals surface area contributed by atoms with E-state index in [2.05, 4.69) is 40.4 Å². The first-order valence-corrected chi connectivity index (χ1v) is 12.7. The number of ether oxygens (including phenoxy) is 2. The minimum atomic E-state index is -0.243. The zero-order chi connectivity index (χ0) is 24.8. The fraction of sp³-hybridized carbons (Fsp3) is 0.241. The maximum absolute atomic E-state index is 11.9. The molecule has 0 N–H and O–H groups in total. The Balaban J connectivity index is 1.49. The van der Waals surface area contributed by atoms with Gasteiger partial charge in [-0.1, -0.05) is 35.7 Å². The number of hydrogen-bond acceptors (Lipinski definition) is 5. The van der Waals surface area contributed by atoms with Crippen molar-refractivity contribution in [3.8, 4) is 28.7 Å². The molecule has 4 aromatic rings. The minimum Gasteiger partial charge on any atom is -0.489 e. The van der Waals surface area contributed by atoms with Crippen LogP contribution < -0.4 is 4.74 Å². The van der Waals surface area contributed by atoms with E-state index in [1.807, 2.05) is 37.3 Å². The highest BCUT2D eigenvalue weighted by Gasteiger charge is 2.15. The number of halogens is 1. The van der Waals surface area contributed by atoms with Gasteiger partial charge >= 0.3 is 5.97 Å². The number of aromatic nitrogens is 1. The minimum absolute atomic E-state index is 0.197. The number of aryl methyl sites for hydroxylation is 1. The predicted octanol–water partition coefficient (Wildman–Crippen LogP) is 7.56. The van der Waals surface area contributed by atoms with Crippen LogP contribution in [0.1, 0.15) is 42.9 Å². The van der Waals surface area contributed by atoms with Crippen molar-refractivity contribution in [2.24, 2.45) is 0 Å². The molecule has 4 rings (SSSR count). The summed E-state index contributed by atoms with van der Waals surface area (Å²) in [6.45, 7) is 6.43. The number of rotatable bonds is 8. The van der Waals surface area contributed by atoms with E-state index in [-0.39, 0.29) is 18.3 Å².